The van der Waals surface area contributed by atoms with Gasteiger partial charge in [-0.3, -0.25) is 0 Å². The van der Waals surface area contributed by atoms with Gasteiger partial charge < -0.3 is 9.47 Å². The highest BCUT2D eigenvalue weighted by Crippen LogP contribution is 2.25. The first-order valence-electron chi connectivity index (χ1n) is 5.09. The summed E-state index contributed by atoms with van der Waals surface area (Å²) < 4.78 is 10.1. The van der Waals surface area contributed by atoms with Gasteiger partial charge in [-0.2, -0.15) is 0 Å². The molecule has 0 fully saturated rings. The van der Waals surface area contributed by atoms with Gasteiger partial charge in [-0.25, -0.2) is 9.97 Å². The molecule has 4 heteroatoms. The molecule has 0 aliphatic rings. The summed E-state index contributed by atoms with van der Waals surface area (Å²) in [6.07, 6.45) is 5.08. The van der Waals surface area contributed by atoms with Crippen LogP contribution in [0.1, 0.15) is 12.6 Å². The van der Waals surface area contributed by atoms with Gasteiger partial charge in [0, 0.05) is 5.57 Å². The highest BCUT2D eigenvalue weighted by Gasteiger charge is 2.10. The molecular weight excluding hydrogens is 216 g/mol. The smallest absolute Gasteiger partial charge is 0.278 e. The van der Waals surface area contributed by atoms with Crippen LogP contribution in [0.25, 0.3) is 5.57 Å². The quantitative estimate of drug-likeness (QED) is 0.732. The van der Waals surface area contributed by atoms with E-state index in [-0.39, 0.29) is 0 Å². The van der Waals surface area contributed by atoms with E-state index < -0.39 is 0 Å². The lowest BCUT2D eigenvalue weighted by molar-refractivity contribution is 0.331. The van der Waals surface area contributed by atoms with Crippen LogP contribution in [0.4, 0.5) is 0 Å². The third kappa shape index (κ3) is 2.72. The fourth-order valence-corrected chi connectivity index (χ4v) is 1.34. The summed E-state index contributed by atoms with van der Waals surface area (Å²) in [5.41, 5.74) is 2.52. The summed E-state index contributed by atoms with van der Waals surface area (Å²) in [5, 5.41) is 0. The molecule has 4 nitrogen and oxygen atoms in total. The maximum atomic E-state index is 5.10. The third-order valence-corrected chi connectivity index (χ3v) is 2.31. The molecule has 0 spiro atoms. The minimum Gasteiger partial charge on any atom is -0.477 e. The van der Waals surface area contributed by atoms with Crippen LogP contribution in [0, 0.1) is 0 Å². The Balaban J connectivity index is 3.33. The molecule has 0 saturated heterocycles. The molecule has 90 valence electrons. The van der Waals surface area contributed by atoms with E-state index in [1.807, 2.05) is 6.92 Å². The van der Waals surface area contributed by atoms with Gasteiger partial charge in [0.15, 0.2) is 0 Å². The van der Waals surface area contributed by atoms with Crippen LogP contribution < -0.4 is 9.47 Å². The molecule has 0 amide bonds. The van der Waals surface area contributed by atoms with E-state index in [0.717, 1.165) is 11.1 Å². The van der Waals surface area contributed by atoms with E-state index >= 15 is 0 Å². The topological polar surface area (TPSA) is 44.2 Å². The first-order valence-corrected chi connectivity index (χ1v) is 5.09. The number of ether oxygens (including phenoxy) is 2. The van der Waals surface area contributed by atoms with Crippen molar-refractivity contribution in [3.8, 4) is 11.8 Å². The maximum Gasteiger partial charge on any atom is 0.278 e. The summed E-state index contributed by atoms with van der Waals surface area (Å²) in [6.45, 7) is 9.41. The van der Waals surface area contributed by atoms with Crippen molar-refractivity contribution in [3.05, 3.63) is 42.8 Å². The number of nitrogens with zero attached hydrogens (tertiary/aromatic N) is 2. The van der Waals surface area contributed by atoms with Crippen molar-refractivity contribution in [1.82, 2.24) is 9.97 Å². The Morgan fingerprint density at radius 3 is 2.29 bits per heavy atom. The van der Waals surface area contributed by atoms with Gasteiger partial charge >= 0.3 is 0 Å². The van der Waals surface area contributed by atoms with E-state index in [1.54, 1.807) is 18.3 Å². The van der Waals surface area contributed by atoms with Crippen molar-refractivity contribution in [2.75, 3.05) is 14.2 Å². The molecule has 0 atom stereocenters. The van der Waals surface area contributed by atoms with E-state index in [9.17, 15) is 0 Å². The Bertz CT molecular complexity index is 464. The predicted molar refractivity (Wildman–Crippen MR) is 68.1 cm³/mol. The highest BCUT2D eigenvalue weighted by molar-refractivity contribution is 5.75. The van der Waals surface area contributed by atoms with Gasteiger partial charge in [0.05, 0.1) is 26.1 Å². The minimum absolute atomic E-state index is 0.348. The van der Waals surface area contributed by atoms with Crippen LogP contribution in [-0.2, 0) is 0 Å². The largest absolute Gasteiger partial charge is 0.477 e. The second-order valence-electron chi connectivity index (χ2n) is 3.28. The number of aromatic nitrogens is 2. The Labute approximate surface area is 101 Å². The van der Waals surface area contributed by atoms with Crippen molar-refractivity contribution >= 4 is 5.57 Å². The van der Waals surface area contributed by atoms with Crippen molar-refractivity contribution < 1.29 is 9.47 Å². The first kappa shape index (κ1) is 13.0. The zero-order valence-electron chi connectivity index (χ0n) is 10.4. The summed E-state index contributed by atoms with van der Waals surface area (Å²) in [7, 11) is 3.04. The molecule has 1 aromatic heterocycles. The minimum atomic E-state index is 0.348. The van der Waals surface area contributed by atoms with Crippen LogP contribution in [0.2, 0.25) is 0 Å². The Kier molecular flexibility index (Phi) is 4.46. The predicted octanol–water partition coefficient (Wildman–Crippen LogP) is 2.64. The molecule has 0 saturated carbocycles. The number of hydrogen-bond acceptors (Lipinski definition) is 4. The molecule has 0 aliphatic carbocycles. The molecule has 0 unspecified atom stereocenters. The second-order valence-corrected chi connectivity index (χ2v) is 3.28. The van der Waals surface area contributed by atoms with Gasteiger partial charge in [0.2, 0.25) is 0 Å². The zero-order chi connectivity index (χ0) is 12.8. The van der Waals surface area contributed by atoms with Crippen molar-refractivity contribution in [2.45, 2.75) is 6.92 Å². The first-order chi connectivity index (χ1) is 8.17. The van der Waals surface area contributed by atoms with E-state index in [4.69, 9.17) is 9.47 Å². The molecule has 0 aliphatic heterocycles. The van der Waals surface area contributed by atoms with E-state index in [0.29, 0.717) is 17.5 Å². The zero-order valence-corrected chi connectivity index (χ0v) is 10.4. The van der Waals surface area contributed by atoms with Crippen molar-refractivity contribution in [3.63, 3.8) is 0 Å². The summed E-state index contributed by atoms with van der Waals surface area (Å²) in [5.74, 6) is 0.706. The molecule has 1 heterocycles. The lowest BCUT2D eigenvalue weighted by Gasteiger charge is -2.09. The molecule has 1 aromatic rings. The summed E-state index contributed by atoms with van der Waals surface area (Å²) in [6, 6.07) is 0. The van der Waals surface area contributed by atoms with Gasteiger partial charge in [-0.15, -0.1) is 0 Å². The number of methoxy groups -OCH3 is 2. The van der Waals surface area contributed by atoms with Crippen molar-refractivity contribution in [2.24, 2.45) is 0 Å². The molecule has 17 heavy (non-hydrogen) atoms. The molecule has 0 bridgehead atoms. The monoisotopic (exact) mass is 232 g/mol. The van der Waals surface area contributed by atoms with E-state index in [2.05, 4.69) is 23.1 Å². The lowest BCUT2D eigenvalue weighted by Crippen LogP contribution is -1.99. The number of allylic oxidation sites excluding steroid dienone is 4. The van der Waals surface area contributed by atoms with Gasteiger partial charge in [0.1, 0.15) is 0 Å². The summed E-state index contributed by atoms with van der Waals surface area (Å²) in [4.78, 5) is 8.44. The van der Waals surface area contributed by atoms with Crippen LogP contribution in [0.15, 0.2) is 37.1 Å². The van der Waals surface area contributed by atoms with Crippen LogP contribution in [0.5, 0.6) is 11.8 Å². The highest BCUT2D eigenvalue weighted by atomic mass is 16.5. The SMILES string of the molecule is C=C/C(C)=C(\C=C)c1cnc(OC)c(OC)n1. The fraction of sp³-hybridized carbons (Fsp3) is 0.231. The third-order valence-electron chi connectivity index (χ3n) is 2.31. The standard InChI is InChI=1S/C13H16N2O2/c1-6-9(3)10(7-2)11-8-14-12(16-4)13(15-11)17-5/h6-8H,1-2H2,3-5H3/b10-9+. The van der Waals surface area contributed by atoms with Gasteiger partial charge in [0.25, 0.3) is 11.8 Å². The molecular formula is C13H16N2O2. The van der Waals surface area contributed by atoms with Crippen LogP contribution >= 0.6 is 0 Å². The van der Waals surface area contributed by atoms with Gasteiger partial charge in [-0.05, 0) is 12.5 Å². The number of hydrogen-bond donors (Lipinski definition) is 0. The Hall–Kier alpha value is -2.10. The molecule has 1 rings (SSSR count). The maximum absolute atomic E-state index is 5.10. The molecule has 0 aromatic carbocycles. The normalized spacial score (nSPS) is 11.5. The fourth-order valence-electron chi connectivity index (χ4n) is 1.34. The van der Waals surface area contributed by atoms with Crippen LogP contribution in [0.3, 0.4) is 0 Å². The molecule has 0 N–H and O–H groups in total. The number of rotatable bonds is 5. The summed E-state index contributed by atoms with van der Waals surface area (Å²) >= 11 is 0. The Morgan fingerprint density at radius 1 is 1.18 bits per heavy atom. The molecule has 0 radical (unpaired) electrons. The Morgan fingerprint density at radius 2 is 1.82 bits per heavy atom. The average Bonchev–Trinajstić information content (AvgIpc) is 2.38. The van der Waals surface area contributed by atoms with Crippen LogP contribution in [-0.4, -0.2) is 24.2 Å². The van der Waals surface area contributed by atoms with Gasteiger partial charge in [-0.1, -0.05) is 25.3 Å². The second kappa shape index (κ2) is 5.84. The lowest BCUT2D eigenvalue weighted by atomic mass is 10.1. The van der Waals surface area contributed by atoms with E-state index in [1.165, 1.54) is 14.2 Å². The van der Waals surface area contributed by atoms with Crippen molar-refractivity contribution in [1.29, 1.82) is 0 Å². The average molecular weight is 232 g/mol.